The molecule has 12 heteroatoms. The van der Waals surface area contributed by atoms with E-state index in [1.165, 1.54) is 103 Å². The largest absolute Gasteiger partial charge is 0.480 e. The van der Waals surface area contributed by atoms with Crippen LogP contribution in [0, 0.1) is 0 Å². The monoisotopic (exact) mass is 776 g/mol. The van der Waals surface area contributed by atoms with Gasteiger partial charge in [0.15, 0.2) is 6.10 Å². The first kappa shape index (κ1) is 51.2. The minimum absolute atomic E-state index is 0.155. The van der Waals surface area contributed by atoms with E-state index in [2.05, 4.69) is 30.5 Å². The van der Waals surface area contributed by atoms with Gasteiger partial charge in [0.05, 0.1) is 13.2 Å². The maximum atomic E-state index is 12.6. The lowest BCUT2D eigenvalue weighted by molar-refractivity contribution is -0.161. The van der Waals surface area contributed by atoms with E-state index in [9.17, 15) is 23.8 Å². The van der Waals surface area contributed by atoms with Crippen molar-refractivity contribution < 1.29 is 47.5 Å². The summed E-state index contributed by atoms with van der Waals surface area (Å²) < 4.78 is 32.6. The molecular weight excluding hydrogens is 697 g/mol. The molecule has 0 heterocycles. The number of allylic oxidation sites excluding steroid dienone is 2. The summed E-state index contributed by atoms with van der Waals surface area (Å²) in [4.78, 5) is 45.9. The zero-order valence-electron chi connectivity index (χ0n) is 33.6. The molecule has 4 N–H and O–H groups in total. The van der Waals surface area contributed by atoms with Crippen molar-refractivity contribution in [2.24, 2.45) is 5.73 Å². The lowest BCUT2D eigenvalue weighted by Crippen LogP contribution is -2.34. The molecule has 3 atom stereocenters. The number of carbonyl (C=O) groups is 3. The van der Waals surface area contributed by atoms with Gasteiger partial charge in [-0.1, -0.05) is 161 Å². The minimum atomic E-state index is -4.71. The highest BCUT2D eigenvalue weighted by atomic mass is 31.2. The molecule has 0 spiro atoms. The fourth-order valence-corrected chi connectivity index (χ4v) is 6.66. The molecule has 0 rings (SSSR count). The summed E-state index contributed by atoms with van der Waals surface area (Å²) in [5, 5.41) is 8.87. The normalized spacial score (nSPS) is 13.9. The summed E-state index contributed by atoms with van der Waals surface area (Å²) in [7, 11) is -4.71. The fraction of sp³-hybridized carbons (Fsp3) is 0.878. The van der Waals surface area contributed by atoms with Crippen LogP contribution in [0.25, 0.3) is 0 Å². The van der Waals surface area contributed by atoms with E-state index in [1.54, 1.807) is 0 Å². The number of carboxylic acid groups (broad SMARTS) is 1. The van der Waals surface area contributed by atoms with Crippen LogP contribution in [0.1, 0.15) is 200 Å². The molecule has 0 aliphatic rings. The van der Waals surface area contributed by atoms with Crippen LogP contribution >= 0.6 is 7.82 Å². The number of unbranched alkanes of at least 4 members (excludes halogenated alkanes) is 24. The summed E-state index contributed by atoms with van der Waals surface area (Å²) in [6.07, 6.45) is 35.6. The molecule has 53 heavy (non-hydrogen) atoms. The van der Waals surface area contributed by atoms with E-state index in [1.807, 2.05) is 0 Å². The van der Waals surface area contributed by atoms with Crippen LogP contribution in [0.4, 0.5) is 0 Å². The third-order valence-electron chi connectivity index (χ3n) is 9.26. The van der Waals surface area contributed by atoms with Crippen LogP contribution in [-0.4, -0.2) is 59.9 Å². The van der Waals surface area contributed by atoms with Crippen LogP contribution < -0.4 is 5.73 Å². The highest BCUT2D eigenvalue weighted by Gasteiger charge is 2.28. The summed E-state index contributed by atoms with van der Waals surface area (Å²) in [5.74, 6) is -2.38. The van der Waals surface area contributed by atoms with E-state index in [-0.39, 0.29) is 19.4 Å². The number of phosphoric ester groups is 1. The Morgan fingerprint density at radius 1 is 0.566 bits per heavy atom. The van der Waals surface area contributed by atoms with Crippen molar-refractivity contribution in [2.75, 3.05) is 19.8 Å². The Morgan fingerprint density at radius 2 is 0.943 bits per heavy atom. The second-order valence-electron chi connectivity index (χ2n) is 14.5. The molecule has 0 fully saturated rings. The molecule has 3 unspecified atom stereocenters. The SMILES string of the molecule is CCCCCC/C=C\CCCCCCCC(=O)OC(COC(=O)CCCCCCCCCCCCCCCCCC)COP(=O)(O)OCC(N)C(=O)O. The Morgan fingerprint density at radius 3 is 1.40 bits per heavy atom. The van der Waals surface area contributed by atoms with Gasteiger partial charge in [-0.15, -0.1) is 0 Å². The molecule has 0 amide bonds. The van der Waals surface area contributed by atoms with Gasteiger partial charge in [0.25, 0.3) is 0 Å². The quantitative estimate of drug-likeness (QED) is 0.0234. The van der Waals surface area contributed by atoms with Crippen LogP contribution in [-0.2, 0) is 37.5 Å². The number of hydrogen-bond donors (Lipinski definition) is 3. The van der Waals surface area contributed by atoms with Crippen molar-refractivity contribution in [2.45, 2.75) is 212 Å². The Labute approximate surface area is 322 Å². The molecule has 0 saturated carbocycles. The van der Waals surface area contributed by atoms with Gasteiger partial charge < -0.3 is 25.2 Å². The Bertz CT molecular complexity index is 963. The van der Waals surface area contributed by atoms with E-state index in [4.69, 9.17) is 24.8 Å². The van der Waals surface area contributed by atoms with Gasteiger partial charge in [0, 0.05) is 12.8 Å². The fourth-order valence-electron chi connectivity index (χ4n) is 5.88. The van der Waals surface area contributed by atoms with E-state index in [0.29, 0.717) is 12.8 Å². The number of hydrogen-bond acceptors (Lipinski definition) is 9. The molecule has 0 aliphatic heterocycles. The molecule has 0 radical (unpaired) electrons. The average Bonchev–Trinajstić information content (AvgIpc) is 3.13. The number of carbonyl (C=O) groups excluding carboxylic acids is 2. The molecule has 312 valence electrons. The Balaban J connectivity index is 4.35. The second kappa shape index (κ2) is 37.2. The number of phosphoric acid groups is 1. The zero-order valence-corrected chi connectivity index (χ0v) is 34.5. The van der Waals surface area contributed by atoms with Crippen molar-refractivity contribution >= 4 is 25.7 Å². The standard InChI is InChI=1S/C41H78NO10P/c1-3-5-7-9-11-13-15-17-18-19-21-22-24-26-28-30-32-39(43)49-34-37(35-50-53(47,48)51-36-38(42)41(45)46)52-40(44)33-31-29-27-25-23-20-16-14-12-10-8-6-4-2/h14,16,37-38H,3-13,15,17-36,42H2,1-2H3,(H,45,46)(H,47,48)/b16-14-. The van der Waals surface area contributed by atoms with Crippen LogP contribution in [0.3, 0.4) is 0 Å². The first-order valence-corrected chi connectivity index (χ1v) is 22.7. The molecule has 0 bridgehead atoms. The van der Waals surface area contributed by atoms with Crippen molar-refractivity contribution in [1.29, 1.82) is 0 Å². The van der Waals surface area contributed by atoms with E-state index < -0.39 is 51.1 Å². The van der Waals surface area contributed by atoms with Gasteiger partial charge in [0.2, 0.25) is 0 Å². The third-order valence-corrected chi connectivity index (χ3v) is 10.2. The summed E-state index contributed by atoms with van der Waals surface area (Å²) >= 11 is 0. The number of aliphatic carboxylic acids is 1. The summed E-state index contributed by atoms with van der Waals surface area (Å²) in [6, 6.07) is -1.52. The summed E-state index contributed by atoms with van der Waals surface area (Å²) in [6.45, 7) is 2.79. The van der Waals surface area contributed by atoms with Crippen LogP contribution in [0.2, 0.25) is 0 Å². The molecule has 0 aromatic carbocycles. The lowest BCUT2D eigenvalue weighted by Gasteiger charge is -2.20. The lowest BCUT2D eigenvalue weighted by atomic mass is 10.0. The van der Waals surface area contributed by atoms with E-state index >= 15 is 0 Å². The van der Waals surface area contributed by atoms with Gasteiger partial charge in [-0.3, -0.25) is 23.4 Å². The first-order chi connectivity index (χ1) is 25.6. The van der Waals surface area contributed by atoms with Crippen LogP contribution in [0.5, 0.6) is 0 Å². The van der Waals surface area contributed by atoms with Gasteiger partial charge in [-0.05, 0) is 38.5 Å². The van der Waals surface area contributed by atoms with Gasteiger partial charge in [-0.25, -0.2) is 4.57 Å². The predicted octanol–water partition coefficient (Wildman–Crippen LogP) is 10.9. The van der Waals surface area contributed by atoms with Gasteiger partial charge in [0.1, 0.15) is 12.6 Å². The topological polar surface area (TPSA) is 172 Å². The Hall–Kier alpha value is -1.78. The maximum Gasteiger partial charge on any atom is 0.472 e. The molecule has 11 nitrogen and oxygen atoms in total. The number of nitrogens with two attached hydrogens (primary N) is 1. The first-order valence-electron chi connectivity index (χ1n) is 21.2. The van der Waals surface area contributed by atoms with Crippen molar-refractivity contribution in [3.8, 4) is 0 Å². The molecule has 0 saturated heterocycles. The van der Waals surface area contributed by atoms with Crippen molar-refractivity contribution in [1.82, 2.24) is 0 Å². The average molecular weight is 776 g/mol. The highest BCUT2D eigenvalue weighted by Crippen LogP contribution is 2.43. The maximum absolute atomic E-state index is 12.6. The van der Waals surface area contributed by atoms with Crippen molar-refractivity contribution in [3.05, 3.63) is 12.2 Å². The number of carboxylic acids is 1. The Kier molecular flexibility index (Phi) is 35.9. The van der Waals surface area contributed by atoms with E-state index in [0.717, 1.165) is 57.8 Å². The molecule has 0 aromatic heterocycles. The summed E-state index contributed by atoms with van der Waals surface area (Å²) in [5.41, 5.74) is 5.33. The number of esters is 2. The number of rotatable bonds is 40. The van der Waals surface area contributed by atoms with Gasteiger partial charge >= 0.3 is 25.7 Å². The smallest absolute Gasteiger partial charge is 0.472 e. The second-order valence-corrected chi connectivity index (χ2v) is 15.9. The van der Waals surface area contributed by atoms with Gasteiger partial charge in [-0.2, -0.15) is 0 Å². The zero-order chi connectivity index (χ0) is 39.3. The molecular formula is C41H78NO10P. The predicted molar refractivity (Wildman–Crippen MR) is 213 cm³/mol. The van der Waals surface area contributed by atoms with Crippen LogP contribution in [0.15, 0.2) is 12.2 Å². The number of ether oxygens (including phenoxy) is 2. The molecule has 0 aromatic rings. The highest BCUT2D eigenvalue weighted by molar-refractivity contribution is 7.47. The molecule has 0 aliphatic carbocycles. The third kappa shape index (κ3) is 36.9. The van der Waals surface area contributed by atoms with Crippen molar-refractivity contribution in [3.63, 3.8) is 0 Å². The minimum Gasteiger partial charge on any atom is -0.480 e.